The first-order valence-electron chi connectivity index (χ1n) is 10.0. The summed E-state index contributed by atoms with van der Waals surface area (Å²) in [6.07, 6.45) is -0.255. The first-order valence-corrected chi connectivity index (χ1v) is 10.9. The summed E-state index contributed by atoms with van der Waals surface area (Å²) in [5.74, 6) is -0.170. The van der Waals surface area contributed by atoms with Gasteiger partial charge in [0.15, 0.2) is 0 Å². The molecule has 1 aliphatic heterocycles. The fourth-order valence-corrected chi connectivity index (χ4v) is 4.09. The van der Waals surface area contributed by atoms with Crippen LogP contribution in [0.4, 0.5) is 5.69 Å². The molecule has 0 radical (unpaired) electrons. The number of methoxy groups -OCH3 is 1. The quantitative estimate of drug-likeness (QED) is 0.631. The van der Waals surface area contributed by atoms with E-state index < -0.39 is 12.0 Å². The molecule has 2 aromatic rings. The van der Waals surface area contributed by atoms with E-state index in [2.05, 4.69) is 10.6 Å². The number of ether oxygens (including phenoxy) is 2. The Morgan fingerprint density at radius 2 is 1.87 bits per heavy atom. The van der Waals surface area contributed by atoms with E-state index in [0.29, 0.717) is 17.0 Å². The molecule has 164 valence electrons. The van der Waals surface area contributed by atoms with E-state index >= 15 is 0 Å². The van der Waals surface area contributed by atoms with Crippen molar-refractivity contribution in [1.82, 2.24) is 5.32 Å². The summed E-state index contributed by atoms with van der Waals surface area (Å²) in [5, 5.41) is 5.56. The van der Waals surface area contributed by atoms with Crippen molar-refractivity contribution in [2.45, 2.75) is 49.5 Å². The van der Waals surface area contributed by atoms with Gasteiger partial charge in [-0.3, -0.25) is 14.4 Å². The maximum absolute atomic E-state index is 13.0. The van der Waals surface area contributed by atoms with E-state index in [0.717, 1.165) is 10.5 Å². The third-order valence-electron chi connectivity index (χ3n) is 4.73. The second kappa shape index (κ2) is 9.87. The molecule has 8 heteroatoms. The van der Waals surface area contributed by atoms with Gasteiger partial charge >= 0.3 is 5.97 Å². The molecule has 1 heterocycles. The number of hydrogen-bond donors (Lipinski definition) is 2. The number of anilines is 1. The average molecular weight is 443 g/mol. The third-order valence-corrected chi connectivity index (χ3v) is 5.91. The number of rotatable bonds is 7. The molecule has 7 nitrogen and oxygen atoms in total. The van der Waals surface area contributed by atoms with Gasteiger partial charge in [-0.05, 0) is 56.7 Å². The monoisotopic (exact) mass is 442 g/mol. The zero-order chi connectivity index (χ0) is 22.5. The number of thioether (sulfide) groups is 1. The lowest BCUT2D eigenvalue weighted by atomic mass is 10.0. The van der Waals surface area contributed by atoms with E-state index in [-0.39, 0.29) is 29.6 Å². The zero-order valence-corrected chi connectivity index (χ0v) is 18.7. The Morgan fingerprint density at radius 3 is 2.52 bits per heavy atom. The van der Waals surface area contributed by atoms with Crippen LogP contribution in [0.5, 0.6) is 5.75 Å². The summed E-state index contributed by atoms with van der Waals surface area (Å²) in [6.45, 7) is 5.39. The first-order chi connectivity index (χ1) is 14.8. The summed E-state index contributed by atoms with van der Waals surface area (Å²) in [6, 6.07) is 11.8. The van der Waals surface area contributed by atoms with E-state index in [4.69, 9.17) is 9.47 Å². The molecule has 0 spiro atoms. The Morgan fingerprint density at radius 1 is 1.16 bits per heavy atom. The zero-order valence-electron chi connectivity index (χ0n) is 17.9. The fourth-order valence-electron chi connectivity index (χ4n) is 3.16. The van der Waals surface area contributed by atoms with Gasteiger partial charge in [-0.1, -0.05) is 12.1 Å². The van der Waals surface area contributed by atoms with Gasteiger partial charge in [0, 0.05) is 10.5 Å². The molecule has 2 N–H and O–H groups in total. The van der Waals surface area contributed by atoms with Crippen LogP contribution in [0.15, 0.2) is 47.4 Å². The Balaban J connectivity index is 1.81. The molecule has 3 rings (SSSR count). The van der Waals surface area contributed by atoms with Gasteiger partial charge < -0.3 is 20.1 Å². The van der Waals surface area contributed by atoms with E-state index in [9.17, 15) is 14.4 Å². The lowest BCUT2D eigenvalue weighted by molar-refractivity contribution is -0.148. The van der Waals surface area contributed by atoms with Crippen molar-refractivity contribution in [1.29, 1.82) is 0 Å². The summed E-state index contributed by atoms with van der Waals surface area (Å²) in [4.78, 5) is 38.1. The van der Waals surface area contributed by atoms with Gasteiger partial charge in [0.2, 0.25) is 5.91 Å². The largest absolute Gasteiger partial charge is 0.497 e. The van der Waals surface area contributed by atoms with Crippen LogP contribution in [0.3, 0.4) is 0 Å². The van der Waals surface area contributed by atoms with Crippen LogP contribution in [0.2, 0.25) is 0 Å². The minimum Gasteiger partial charge on any atom is -0.497 e. The van der Waals surface area contributed by atoms with Crippen molar-refractivity contribution in [3.8, 4) is 5.75 Å². The maximum Gasteiger partial charge on any atom is 0.308 e. The number of carbonyl (C=O) groups is 3. The Bertz CT molecular complexity index is 974. The molecule has 1 aliphatic rings. The van der Waals surface area contributed by atoms with Gasteiger partial charge in [0.05, 0.1) is 36.6 Å². The van der Waals surface area contributed by atoms with Crippen molar-refractivity contribution in [2.24, 2.45) is 0 Å². The predicted octanol–water partition coefficient (Wildman–Crippen LogP) is 3.94. The van der Waals surface area contributed by atoms with Gasteiger partial charge in [-0.15, -0.1) is 11.8 Å². The second-order valence-electron chi connectivity index (χ2n) is 7.50. The molecular formula is C23H26N2O5S. The Hall–Kier alpha value is -3.00. The van der Waals surface area contributed by atoms with Crippen LogP contribution < -0.4 is 15.4 Å². The lowest BCUT2D eigenvalue weighted by Crippen LogP contribution is -2.31. The van der Waals surface area contributed by atoms with Crippen molar-refractivity contribution >= 4 is 35.2 Å². The van der Waals surface area contributed by atoms with E-state index in [1.54, 1.807) is 57.4 Å². The van der Waals surface area contributed by atoms with E-state index in [1.807, 2.05) is 13.0 Å². The molecule has 0 unspecified atom stereocenters. The SMILES string of the molecule is COc1ccc([C@@H](CC(=O)OC(C)C)NC(=O)c2ccc3c(c2)NC(=O)[C@@H](C)S3)cc1. The maximum atomic E-state index is 13.0. The van der Waals surface area contributed by atoms with Crippen LogP contribution in [0.1, 0.15) is 49.2 Å². The summed E-state index contributed by atoms with van der Waals surface area (Å²) >= 11 is 1.45. The highest BCUT2D eigenvalue weighted by Crippen LogP contribution is 2.36. The molecule has 0 aliphatic carbocycles. The highest BCUT2D eigenvalue weighted by atomic mass is 32.2. The van der Waals surface area contributed by atoms with Crippen LogP contribution in [0, 0.1) is 0 Å². The lowest BCUT2D eigenvalue weighted by Gasteiger charge is -2.23. The number of amides is 2. The molecule has 2 atom stereocenters. The van der Waals surface area contributed by atoms with E-state index in [1.165, 1.54) is 11.8 Å². The minimum atomic E-state index is -0.579. The van der Waals surface area contributed by atoms with Crippen LogP contribution in [-0.4, -0.2) is 36.2 Å². The van der Waals surface area contributed by atoms with Gasteiger partial charge in [0.25, 0.3) is 5.91 Å². The average Bonchev–Trinajstić information content (AvgIpc) is 2.73. The van der Waals surface area contributed by atoms with Crippen LogP contribution in [0.25, 0.3) is 0 Å². The number of fused-ring (bicyclic) bond motifs is 1. The van der Waals surface area contributed by atoms with Crippen LogP contribution >= 0.6 is 11.8 Å². The third kappa shape index (κ3) is 5.79. The topological polar surface area (TPSA) is 93.7 Å². The first kappa shape index (κ1) is 22.7. The summed E-state index contributed by atoms with van der Waals surface area (Å²) in [7, 11) is 1.57. The van der Waals surface area contributed by atoms with Crippen molar-refractivity contribution in [3.05, 3.63) is 53.6 Å². The smallest absolute Gasteiger partial charge is 0.308 e. The molecule has 0 saturated carbocycles. The predicted molar refractivity (Wildman–Crippen MR) is 119 cm³/mol. The number of nitrogens with one attached hydrogen (secondary N) is 2. The molecule has 0 aromatic heterocycles. The van der Waals surface area contributed by atoms with Gasteiger partial charge in [-0.25, -0.2) is 0 Å². The molecule has 0 saturated heterocycles. The molecule has 31 heavy (non-hydrogen) atoms. The number of carbonyl (C=O) groups excluding carboxylic acids is 3. The van der Waals surface area contributed by atoms with Crippen molar-refractivity contribution in [3.63, 3.8) is 0 Å². The molecule has 0 fully saturated rings. The molecule has 0 bridgehead atoms. The molecule has 2 aromatic carbocycles. The van der Waals surface area contributed by atoms with Gasteiger partial charge in [-0.2, -0.15) is 0 Å². The molecule has 2 amide bonds. The normalized spacial score (nSPS) is 16.2. The van der Waals surface area contributed by atoms with Gasteiger partial charge in [0.1, 0.15) is 5.75 Å². The molecular weight excluding hydrogens is 416 g/mol. The standard InChI is InChI=1S/C23H26N2O5S/c1-13(2)30-21(26)12-18(15-5-8-17(29-4)9-6-15)24-23(28)16-7-10-20-19(11-16)25-22(27)14(3)31-20/h5-11,13-14,18H,12H2,1-4H3,(H,24,28)(H,25,27)/t14-,18-/m1/s1. The Kier molecular flexibility index (Phi) is 7.22. The Labute approximate surface area is 185 Å². The number of benzene rings is 2. The summed E-state index contributed by atoms with van der Waals surface area (Å²) in [5.41, 5.74) is 1.76. The number of hydrogen-bond acceptors (Lipinski definition) is 6. The second-order valence-corrected chi connectivity index (χ2v) is 8.88. The summed E-state index contributed by atoms with van der Waals surface area (Å²) < 4.78 is 10.5. The van der Waals surface area contributed by atoms with Crippen LogP contribution in [-0.2, 0) is 14.3 Å². The highest BCUT2D eigenvalue weighted by Gasteiger charge is 2.25. The highest BCUT2D eigenvalue weighted by molar-refractivity contribution is 8.00. The van der Waals surface area contributed by atoms with Crippen molar-refractivity contribution in [2.75, 3.05) is 12.4 Å². The number of esters is 1. The van der Waals surface area contributed by atoms with Crippen molar-refractivity contribution < 1.29 is 23.9 Å². The minimum absolute atomic E-state index is 0.00864. The fraction of sp³-hybridized carbons (Fsp3) is 0.348.